The molecule has 0 aromatic heterocycles. The number of benzene rings is 3. The summed E-state index contributed by atoms with van der Waals surface area (Å²) >= 11 is 0. The fourth-order valence-electron chi connectivity index (χ4n) is 4.64. The number of ether oxygens (including phenoxy) is 2. The van der Waals surface area contributed by atoms with E-state index in [4.69, 9.17) is 9.47 Å². The van der Waals surface area contributed by atoms with Gasteiger partial charge in [-0.2, -0.15) is 4.31 Å². The SMILES string of the molecule is COc1ccc(NC(=O)Nc2cccc3c2O[C@@H](CN(C)S(=O)(=O)c2ccccc2)[C@H](C)CN([C@@H](C)CO)C3=O)cc1. The zero-order valence-electron chi connectivity index (χ0n) is 24.0. The van der Waals surface area contributed by atoms with Crippen LogP contribution in [0.15, 0.2) is 77.7 Å². The van der Waals surface area contributed by atoms with Crippen molar-refractivity contribution in [2.75, 3.05) is 44.5 Å². The molecule has 0 saturated heterocycles. The van der Waals surface area contributed by atoms with Crippen molar-refractivity contribution < 1.29 is 32.6 Å². The molecule has 0 spiro atoms. The summed E-state index contributed by atoms with van der Waals surface area (Å²) in [6.07, 6.45) is -0.707. The molecule has 3 atom stereocenters. The molecule has 0 saturated carbocycles. The summed E-state index contributed by atoms with van der Waals surface area (Å²) in [4.78, 5) is 28.3. The molecule has 12 heteroatoms. The summed E-state index contributed by atoms with van der Waals surface area (Å²) in [6.45, 7) is 3.52. The van der Waals surface area contributed by atoms with Gasteiger partial charge in [0.2, 0.25) is 10.0 Å². The summed E-state index contributed by atoms with van der Waals surface area (Å²) < 4.78 is 39.4. The largest absolute Gasteiger partial charge is 0.497 e. The number of carbonyl (C=O) groups excluding carboxylic acids is 2. The first-order chi connectivity index (χ1) is 20.0. The van der Waals surface area contributed by atoms with Gasteiger partial charge in [0.05, 0.1) is 42.4 Å². The quantitative estimate of drug-likeness (QED) is 0.341. The second-order valence-electron chi connectivity index (χ2n) is 10.2. The number of amides is 3. The monoisotopic (exact) mass is 596 g/mol. The second-order valence-corrected chi connectivity index (χ2v) is 12.3. The number of carbonyl (C=O) groups is 2. The summed E-state index contributed by atoms with van der Waals surface area (Å²) in [5, 5.41) is 15.4. The topological polar surface area (TPSA) is 138 Å². The average molecular weight is 597 g/mol. The highest BCUT2D eigenvalue weighted by atomic mass is 32.2. The minimum atomic E-state index is -3.83. The van der Waals surface area contributed by atoms with Crippen molar-refractivity contribution >= 4 is 33.3 Å². The Kier molecular flexibility index (Phi) is 9.71. The Bertz CT molecular complexity index is 1500. The number of urea groups is 1. The smallest absolute Gasteiger partial charge is 0.323 e. The van der Waals surface area contributed by atoms with Crippen LogP contribution in [0.4, 0.5) is 16.2 Å². The van der Waals surface area contributed by atoms with Gasteiger partial charge in [-0.3, -0.25) is 4.79 Å². The maximum Gasteiger partial charge on any atom is 0.323 e. The van der Waals surface area contributed by atoms with Gasteiger partial charge in [0.25, 0.3) is 5.91 Å². The highest BCUT2D eigenvalue weighted by Crippen LogP contribution is 2.35. The lowest BCUT2D eigenvalue weighted by Crippen LogP contribution is -2.50. The Labute approximate surface area is 246 Å². The van der Waals surface area contributed by atoms with Gasteiger partial charge in [-0.15, -0.1) is 0 Å². The Morgan fingerprint density at radius 2 is 1.79 bits per heavy atom. The third-order valence-corrected chi connectivity index (χ3v) is 9.01. The third kappa shape index (κ3) is 6.84. The first kappa shape index (κ1) is 30.8. The molecule has 3 aromatic carbocycles. The van der Waals surface area contributed by atoms with Crippen LogP contribution in [0.3, 0.4) is 0 Å². The summed E-state index contributed by atoms with van der Waals surface area (Å²) in [6, 6.07) is 18.6. The van der Waals surface area contributed by atoms with Gasteiger partial charge in [0, 0.05) is 25.2 Å². The van der Waals surface area contributed by atoms with E-state index in [0.29, 0.717) is 11.4 Å². The van der Waals surface area contributed by atoms with Crippen molar-refractivity contribution in [1.29, 1.82) is 0 Å². The molecule has 11 nitrogen and oxygen atoms in total. The zero-order chi connectivity index (χ0) is 30.4. The molecule has 1 heterocycles. The number of fused-ring (bicyclic) bond motifs is 1. The van der Waals surface area contributed by atoms with E-state index in [1.165, 1.54) is 23.5 Å². The molecule has 3 aromatic rings. The first-order valence-corrected chi connectivity index (χ1v) is 14.9. The molecule has 1 aliphatic heterocycles. The summed E-state index contributed by atoms with van der Waals surface area (Å²) in [7, 11) is -0.807. The van der Waals surface area contributed by atoms with Crippen LogP contribution in [-0.4, -0.2) is 80.7 Å². The summed E-state index contributed by atoms with van der Waals surface area (Å²) in [5.74, 6) is 0.0370. The molecule has 0 bridgehead atoms. The highest BCUT2D eigenvalue weighted by molar-refractivity contribution is 7.89. The van der Waals surface area contributed by atoms with E-state index in [1.54, 1.807) is 79.6 Å². The van der Waals surface area contributed by atoms with E-state index >= 15 is 0 Å². The number of nitrogens with zero attached hydrogens (tertiary/aromatic N) is 2. The number of para-hydroxylation sites is 1. The lowest BCUT2D eigenvalue weighted by atomic mass is 9.99. The predicted octanol–water partition coefficient (Wildman–Crippen LogP) is 3.88. The van der Waals surface area contributed by atoms with E-state index in [9.17, 15) is 23.1 Å². The molecule has 0 fully saturated rings. The van der Waals surface area contributed by atoms with Gasteiger partial charge in [-0.1, -0.05) is 31.2 Å². The third-order valence-electron chi connectivity index (χ3n) is 7.18. The molecule has 224 valence electrons. The van der Waals surface area contributed by atoms with Crippen LogP contribution in [-0.2, 0) is 10.0 Å². The minimum Gasteiger partial charge on any atom is -0.497 e. The number of aliphatic hydroxyl groups is 1. The first-order valence-electron chi connectivity index (χ1n) is 13.5. The number of methoxy groups -OCH3 is 1. The minimum absolute atomic E-state index is 0.0280. The lowest BCUT2D eigenvalue weighted by molar-refractivity contribution is 0.0389. The Balaban J connectivity index is 1.67. The molecular formula is C30H36N4O7S. The van der Waals surface area contributed by atoms with Crippen LogP contribution in [0.2, 0.25) is 0 Å². The number of rotatable bonds is 9. The molecule has 3 N–H and O–H groups in total. The molecule has 3 amide bonds. The van der Waals surface area contributed by atoms with E-state index in [0.717, 1.165) is 0 Å². The number of hydrogen-bond acceptors (Lipinski definition) is 7. The van der Waals surface area contributed by atoms with Crippen LogP contribution in [0.5, 0.6) is 11.5 Å². The Hall–Kier alpha value is -4.13. The fourth-order valence-corrected chi connectivity index (χ4v) is 5.85. The van der Waals surface area contributed by atoms with Gasteiger partial charge in [-0.05, 0) is 55.5 Å². The van der Waals surface area contributed by atoms with Crippen molar-refractivity contribution in [3.63, 3.8) is 0 Å². The number of sulfonamides is 1. The van der Waals surface area contributed by atoms with E-state index in [-0.39, 0.29) is 53.4 Å². The maximum atomic E-state index is 13.7. The Morgan fingerprint density at radius 3 is 2.43 bits per heavy atom. The van der Waals surface area contributed by atoms with Crippen molar-refractivity contribution in [2.45, 2.75) is 30.9 Å². The van der Waals surface area contributed by atoms with Gasteiger partial charge in [-0.25, -0.2) is 13.2 Å². The van der Waals surface area contributed by atoms with Crippen LogP contribution in [0.1, 0.15) is 24.2 Å². The molecule has 0 aliphatic carbocycles. The molecular weight excluding hydrogens is 560 g/mol. The maximum absolute atomic E-state index is 13.7. The molecule has 4 rings (SSSR count). The van der Waals surface area contributed by atoms with Gasteiger partial charge < -0.3 is 30.1 Å². The van der Waals surface area contributed by atoms with Gasteiger partial charge in [0.1, 0.15) is 11.9 Å². The van der Waals surface area contributed by atoms with Gasteiger partial charge >= 0.3 is 6.03 Å². The van der Waals surface area contributed by atoms with Crippen LogP contribution in [0.25, 0.3) is 0 Å². The van der Waals surface area contributed by atoms with E-state index in [1.807, 2.05) is 6.92 Å². The van der Waals surface area contributed by atoms with Crippen LogP contribution < -0.4 is 20.1 Å². The summed E-state index contributed by atoms with van der Waals surface area (Å²) in [5.41, 5.74) is 0.936. The number of aliphatic hydroxyl groups excluding tert-OH is 1. The van der Waals surface area contributed by atoms with Crippen molar-refractivity contribution in [1.82, 2.24) is 9.21 Å². The predicted molar refractivity (Wildman–Crippen MR) is 159 cm³/mol. The van der Waals surface area contributed by atoms with Gasteiger partial charge in [0.15, 0.2) is 5.75 Å². The van der Waals surface area contributed by atoms with Crippen molar-refractivity contribution in [3.05, 3.63) is 78.4 Å². The highest BCUT2D eigenvalue weighted by Gasteiger charge is 2.36. The lowest BCUT2D eigenvalue weighted by Gasteiger charge is -2.38. The van der Waals surface area contributed by atoms with E-state index in [2.05, 4.69) is 10.6 Å². The molecule has 0 unspecified atom stereocenters. The molecule has 0 radical (unpaired) electrons. The molecule has 42 heavy (non-hydrogen) atoms. The number of hydrogen-bond donors (Lipinski definition) is 3. The second kappa shape index (κ2) is 13.2. The average Bonchev–Trinajstić information content (AvgIpc) is 2.99. The zero-order valence-corrected chi connectivity index (χ0v) is 24.8. The van der Waals surface area contributed by atoms with Crippen LogP contribution >= 0.6 is 0 Å². The van der Waals surface area contributed by atoms with Crippen molar-refractivity contribution in [3.8, 4) is 11.5 Å². The van der Waals surface area contributed by atoms with Crippen molar-refractivity contribution in [2.24, 2.45) is 5.92 Å². The number of nitrogens with one attached hydrogen (secondary N) is 2. The number of likely N-dealkylation sites (N-methyl/N-ethyl adjacent to an activating group) is 1. The Morgan fingerprint density at radius 1 is 1.10 bits per heavy atom. The molecule has 1 aliphatic rings. The normalized spacial score (nSPS) is 17.9. The standard InChI is InChI=1S/C30H36N4O7S/c1-20-17-34(21(2)19-35)29(36)25-11-8-12-26(32-30(37)31-22-13-15-23(40-4)16-14-22)28(25)41-27(20)18-33(3)42(38,39)24-9-6-5-7-10-24/h5-16,20-21,27,35H,17-19H2,1-4H3,(H2,31,32,37)/t20-,21+,27+/m1/s1. The number of anilines is 2. The fraction of sp³-hybridized carbons (Fsp3) is 0.333. The van der Waals surface area contributed by atoms with Crippen LogP contribution in [0, 0.1) is 5.92 Å². The van der Waals surface area contributed by atoms with E-state index < -0.39 is 28.2 Å².